The van der Waals surface area contributed by atoms with E-state index < -0.39 is 24.9 Å². The van der Waals surface area contributed by atoms with Gasteiger partial charge in [-0.05, 0) is 45.6 Å². The fourth-order valence-electron chi connectivity index (χ4n) is 4.13. The van der Waals surface area contributed by atoms with E-state index in [2.05, 4.69) is 25.6 Å². The van der Waals surface area contributed by atoms with Crippen LogP contribution in [0.25, 0.3) is 20.8 Å². The van der Waals surface area contributed by atoms with Gasteiger partial charge in [-0.3, -0.25) is 4.98 Å². The van der Waals surface area contributed by atoms with Gasteiger partial charge in [0.1, 0.15) is 22.9 Å². The molecule has 3 aromatic rings. The summed E-state index contributed by atoms with van der Waals surface area (Å²) in [6.07, 6.45) is -4.21. The van der Waals surface area contributed by atoms with E-state index in [0.717, 1.165) is 21.6 Å². The average Bonchev–Trinajstić information content (AvgIpc) is 3.29. The number of nitrogens with zero attached hydrogens (tertiary/aromatic N) is 4. The van der Waals surface area contributed by atoms with Crippen molar-refractivity contribution in [2.75, 3.05) is 23.8 Å². The Morgan fingerprint density at radius 1 is 1.09 bits per heavy atom. The second-order valence-corrected chi connectivity index (χ2v) is 9.41. The monoisotopic (exact) mass is 482 g/mol. The number of rotatable bonds is 6. The lowest BCUT2D eigenvalue weighted by atomic mass is 10.1. The molecule has 1 aliphatic carbocycles. The predicted octanol–water partition coefficient (Wildman–Crippen LogP) is 3.59. The molecule has 0 amide bonds. The predicted molar refractivity (Wildman–Crippen MR) is 120 cm³/mol. The Labute approximate surface area is 192 Å². The summed E-state index contributed by atoms with van der Waals surface area (Å²) in [6, 6.07) is 1.52. The lowest BCUT2D eigenvalue weighted by Gasteiger charge is -2.20. The van der Waals surface area contributed by atoms with E-state index in [0.29, 0.717) is 29.1 Å². The Morgan fingerprint density at radius 2 is 1.85 bits per heavy atom. The maximum Gasteiger partial charge on any atom is 0.405 e. The van der Waals surface area contributed by atoms with Crippen molar-refractivity contribution in [3.05, 3.63) is 23.1 Å². The molecule has 1 aliphatic rings. The van der Waals surface area contributed by atoms with Crippen molar-refractivity contribution in [3.63, 3.8) is 0 Å². The zero-order valence-electron chi connectivity index (χ0n) is 18.4. The molecule has 0 aliphatic heterocycles. The number of aromatic nitrogens is 4. The molecule has 0 bridgehead atoms. The number of hydrogen-bond donors (Lipinski definition) is 4. The zero-order chi connectivity index (χ0) is 23.9. The summed E-state index contributed by atoms with van der Waals surface area (Å²) < 4.78 is 39.1. The van der Waals surface area contributed by atoms with Crippen LogP contribution in [0.2, 0.25) is 0 Å². The van der Waals surface area contributed by atoms with Crippen molar-refractivity contribution in [1.82, 2.24) is 19.9 Å². The first kappa shape index (κ1) is 23.6. The largest absolute Gasteiger partial charge is 0.405 e. The topological polar surface area (TPSA) is 116 Å². The number of halogens is 3. The smallest absolute Gasteiger partial charge is 0.396 e. The van der Waals surface area contributed by atoms with Crippen LogP contribution in [0.5, 0.6) is 0 Å². The fourth-order valence-corrected chi connectivity index (χ4v) is 5.34. The van der Waals surface area contributed by atoms with E-state index in [1.807, 2.05) is 19.9 Å². The molecule has 4 rings (SSSR count). The van der Waals surface area contributed by atoms with Crippen molar-refractivity contribution in [2.45, 2.75) is 51.9 Å². The Balaban J connectivity index is 1.77. The molecule has 12 heteroatoms. The minimum absolute atomic E-state index is 0.0488. The van der Waals surface area contributed by atoms with Crippen molar-refractivity contribution >= 4 is 33.3 Å². The highest BCUT2D eigenvalue weighted by Crippen LogP contribution is 2.38. The van der Waals surface area contributed by atoms with Gasteiger partial charge in [-0.15, -0.1) is 11.3 Å². The Kier molecular flexibility index (Phi) is 6.43. The van der Waals surface area contributed by atoms with Crippen molar-refractivity contribution < 1.29 is 23.4 Å². The Morgan fingerprint density at radius 3 is 2.52 bits per heavy atom. The van der Waals surface area contributed by atoms with E-state index in [1.54, 1.807) is 6.92 Å². The van der Waals surface area contributed by atoms with Gasteiger partial charge in [0, 0.05) is 12.3 Å². The van der Waals surface area contributed by atoms with Gasteiger partial charge in [0.2, 0.25) is 5.95 Å². The molecule has 0 spiro atoms. The van der Waals surface area contributed by atoms with Gasteiger partial charge in [0.05, 0.1) is 33.8 Å². The lowest BCUT2D eigenvalue weighted by Crippen LogP contribution is -2.29. The molecular weight excluding hydrogens is 457 g/mol. The van der Waals surface area contributed by atoms with Gasteiger partial charge >= 0.3 is 6.18 Å². The van der Waals surface area contributed by atoms with Crippen molar-refractivity contribution in [3.8, 4) is 10.6 Å². The van der Waals surface area contributed by atoms with Crippen LogP contribution in [-0.4, -0.2) is 61.6 Å². The molecule has 1 fully saturated rings. The molecule has 3 heterocycles. The third-order valence-electron chi connectivity index (χ3n) is 5.64. The highest BCUT2D eigenvalue weighted by atomic mass is 32.1. The SMILES string of the molecule is Cc1cc2sc(-c3c(C)nc(NCC(F)(F)F)nc3N[C@@H]3C[C@H](CO)C[C@H]3O)nc2c(C)n1. The van der Waals surface area contributed by atoms with Crippen molar-refractivity contribution in [2.24, 2.45) is 5.92 Å². The molecule has 3 aromatic heterocycles. The maximum absolute atomic E-state index is 12.7. The molecule has 33 heavy (non-hydrogen) atoms. The van der Waals surface area contributed by atoms with Crippen LogP contribution in [0.3, 0.4) is 0 Å². The zero-order valence-corrected chi connectivity index (χ0v) is 19.2. The standard InChI is InChI=1S/C21H25F3N6O2S/c1-9-4-15-17(11(3)26-9)29-19(33-15)16-10(2)27-20(25-8-21(22,23)24)30-18(16)28-13-5-12(7-31)6-14(13)32/h4,12-14,31-32H,5-8H2,1-3H3,(H2,25,27,28,30)/t12-,13+,14+/m0/s1. The molecule has 0 radical (unpaired) electrons. The highest BCUT2D eigenvalue weighted by molar-refractivity contribution is 7.21. The summed E-state index contributed by atoms with van der Waals surface area (Å²) in [5.41, 5.74) is 3.39. The molecule has 0 saturated heterocycles. The first-order valence-electron chi connectivity index (χ1n) is 10.5. The number of anilines is 2. The number of aliphatic hydroxyl groups is 2. The highest BCUT2D eigenvalue weighted by Gasteiger charge is 2.34. The van der Waals surface area contributed by atoms with Crippen LogP contribution in [-0.2, 0) is 0 Å². The minimum atomic E-state index is -4.42. The van der Waals surface area contributed by atoms with E-state index in [4.69, 9.17) is 4.98 Å². The molecule has 1 saturated carbocycles. The van der Waals surface area contributed by atoms with Gasteiger partial charge in [0.15, 0.2) is 0 Å². The van der Waals surface area contributed by atoms with Crippen LogP contribution < -0.4 is 10.6 Å². The molecule has 0 unspecified atom stereocenters. The second kappa shape index (κ2) is 8.99. The minimum Gasteiger partial charge on any atom is -0.396 e. The second-order valence-electron chi connectivity index (χ2n) is 8.38. The lowest BCUT2D eigenvalue weighted by molar-refractivity contribution is -0.115. The van der Waals surface area contributed by atoms with Crippen LogP contribution in [0.15, 0.2) is 6.07 Å². The number of thiazole rings is 1. The normalized spacial score (nSPS) is 21.0. The number of pyridine rings is 1. The number of fused-ring (bicyclic) bond motifs is 1. The van der Waals surface area contributed by atoms with Crippen LogP contribution in [0.1, 0.15) is 29.9 Å². The number of aryl methyl sites for hydroxylation is 3. The van der Waals surface area contributed by atoms with Gasteiger partial charge in [-0.25, -0.2) is 9.97 Å². The molecule has 3 atom stereocenters. The van der Waals surface area contributed by atoms with E-state index >= 15 is 0 Å². The summed E-state index contributed by atoms with van der Waals surface area (Å²) in [4.78, 5) is 17.7. The maximum atomic E-state index is 12.7. The average molecular weight is 483 g/mol. The van der Waals surface area contributed by atoms with Crippen LogP contribution in [0, 0.1) is 26.7 Å². The fraction of sp³-hybridized carbons (Fsp3) is 0.524. The summed E-state index contributed by atoms with van der Waals surface area (Å²) in [7, 11) is 0. The summed E-state index contributed by atoms with van der Waals surface area (Å²) in [6.45, 7) is 4.13. The summed E-state index contributed by atoms with van der Waals surface area (Å²) in [5, 5.41) is 25.9. The Bertz CT molecular complexity index is 1170. The summed E-state index contributed by atoms with van der Waals surface area (Å²) in [5.74, 6) is 0.0548. The van der Waals surface area contributed by atoms with E-state index in [-0.39, 0.29) is 24.3 Å². The molecule has 178 valence electrons. The van der Waals surface area contributed by atoms with Gasteiger partial charge in [-0.1, -0.05) is 0 Å². The molecule has 4 N–H and O–H groups in total. The molecular formula is C21H25F3N6O2S. The third-order valence-corrected chi connectivity index (χ3v) is 6.66. The summed E-state index contributed by atoms with van der Waals surface area (Å²) >= 11 is 1.42. The van der Waals surface area contributed by atoms with Crippen molar-refractivity contribution in [1.29, 1.82) is 0 Å². The number of alkyl halides is 3. The molecule has 0 aromatic carbocycles. The first-order chi connectivity index (χ1) is 15.5. The Hall–Kier alpha value is -2.57. The van der Waals surface area contributed by atoms with Crippen LogP contribution in [0.4, 0.5) is 24.9 Å². The van der Waals surface area contributed by atoms with E-state index in [1.165, 1.54) is 11.3 Å². The third kappa shape index (κ3) is 5.17. The van der Waals surface area contributed by atoms with Gasteiger partial charge in [0.25, 0.3) is 0 Å². The quantitative estimate of drug-likeness (QED) is 0.421. The van der Waals surface area contributed by atoms with Gasteiger partial charge in [-0.2, -0.15) is 18.2 Å². The van der Waals surface area contributed by atoms with Crippen LogP contribution >= 0.6 is 11.3 Å². The molecule has 8 nitrogen and oxygen atoms in total. The number of aliphatic hydroxyl groups excluding tert-OH is 2. The van der Waals surface area contributed by atoms with Gasteiger partial charge < -0.3 is 20.8 Å². The first-order valence-corrected chi connectivity index (χ1v) is 11.4. The number of nitrogens with one attached hydrogen (secondary N) is 2. The number of hydrogen-bond acceptors (Lipinski definition) is 9. The van der Waals surface area contributed by atoms with E-state index in [9.17, 15) is 23.4 Å².